The Morgan fingerprint density at radius 3 is 2.80 bits per heavy atom. The SMILES string of the molecule is COCC1CCN(c2cc(Cl)ccc2C(N)=NO)CC1. The van der Waals surface area contributed by atoms with Gasteiger partial charge in [-0.25, -0.2) is 0 Å². The van der Waals surface area contributed by atoms with Crippen LogP contribution in [0.2, 0.25) is 5.02 Å². The number of hydrogen-bond donors (Lipinski definition) is 2. The van der Waals surface area contributed by atoms with Gasteiger partial charge in [0.05, 0.1) is 0 Å². The van der Waals surface area contributed by atoms with E-state index in [9.17, 15) is 0 Å². The first kappa shape index (κ1) is 14.9. The lowest BCUT2D eigenvalue weighted by atomic mass is 9.96. The molecule has 0 amide bonds. The fraction of sp³-hybridized carbons (Fsp3) is 0.500. The van der Waals surface area contributed by atoms with Gasteiger partial charge in [-0.3, -0.25) is 0 Å². The van der Waals surface area contributed by atoms with E-state index in [0.29, 0.717) is 16.5 Å². The molecule has 1 aliphatic heterocycles. The van der Waals surface area contributed by atoms with Crippen molar-refractivity contribution in [3.8, 4) is 0 Å². The number of ether oxygens (including phenoxy) is 1. The van der Waals surface area contributed by atoms with E-state index in [2.05, 4.69) is 10.1 Å². The van der Waals surface area contributed by atoms with Gasteiger partial charge in [-0.05, 0) is 37.0 Å². The number of hydrogen-bond acceptors (Lipinski definition) is 4. The van der Waals surface area contributed by atoms with Crippen LogP contribution in [-0.2, 0) is 4.74 Å². The third-order valence-corrected chi connectivity index (χ3v) is 3.94. The number of nitrogens with zero attached hydrogens (tertiary/aromatic N) is 2. The van der Waals surface area contributed by atoms with Gasteiger partial charge < -0.3 is 20.6 Å². The molecule has 0 unspecified atom stereocenters. The monoisotopic (exact) mass is 297 g/mol. The van der Waals surface area contributed by atoms with Gasteiger partial charge in [-0.2, -0.15) is 0 Å². The zero-order valence-electron chi connectivity index (χ0n) is 11.6. The average molecular weight is 298 g/mol. The molecule has 2 rings (SSSR count). The zero-order valence-corrected chi connectivity index (χ0v) is 12.3. The van der Waals surface area contributed by atoms with E-state index in [4.69, 9.17) is 27.3 Å². The van der Waals surface area contributed by atoms with Crippen LogP contribution in [0.4, 0.5) is 5.69 Å². The van der Waals surface area contributed by atoms with E-state index in [1.54, 1.807) is 19.2 Å². The highest BCUT2D eigenvalue weighted by atomic mass is 35.5. The van der Waals surface area contributed by atoms with Gasteiger partial charge in [0.25, 0.3) is 0 Å². The number of methoxy groups -OCH3 is 1. The van der Waals surface area contributed by atoms with Gasteiger partial charge >= 0.3 is 0 Å². The summed E-state index contributed by atoms with van der Waals surface area (Å²) in [5, 5.41) is 12.6. The van der Waals surface area contributed by atoms with Gasteiger partial charge in [0.2, 0.25) is 0 Å². The van der Waals surface area contributed by atoms with Crippen molar-refractivity contribution in [3.05, 3.63) is 28.8 Å². The van der Waals surface area contributed by atoms with Crippen LogP contribution in [0.1, 0.15) is 18.4 Å². The molecule has 5 nitrogen and oxygen atoms in total. The van der Waals surface area contributed by atoms with Crippen LogP contribution in [0, 0.1) is 5.92 Å². The third-order valence-electron chi connectivity index (χ3n) is 3.70. The second-order valence-electron chi connectivity index (χ2n) is 5.03. The van der Waals surface area contributed by atoms with Gasteiger partial charge in [0, 0.05) is 43.1 Å². The Bertz CT molecular complexity index is 485. The van der Waals surface area contributed by atoms with Gasteiger partial charge in [0.15, 0.2) is 5.84 Å². The molecule has 20 heavy (non-hydrogen) atoms. The standard InChI is InChI=1S/C14H20ClN3O2/c1-20-9-10-4-6-18(7-5-10)13-8-11(15)2-3-12(13)14(16)17-19/h2-3,8,10,19H,4-7,9H2,1H3,(H2,16,17). The summed E-state index contributed by atoms with van der Waals surface area (Å²) >= 11 is 6.07. The molecule has 0 radical (unpaired) electrons. The Balaban J connectivity index is 2.18. The molecule has 0 spiro atoms. The summed E-state index contributed by atoms with van der Waals surface area (Å²) in [6, 6.07) is 5.40. The van der Waals surface area contributed by atoms with Crippen LogP contribution >= 0.6 is 11.6 Å². The first-order valence-electron chi connectivity index (χ1n) is 6.67. The quantitative estimate of drug-likeness (QED) is 0.387. The Hall–Kier alpha value is -1.46. The predicted molar refractivity (Wildman–Crippen MR) is 80.8 cm³/mol. The molecule has 1 fully saturated rings. The summed E-state index contributed by atoms with van der Waals surface area (Å²) in [6.45, 7) is 2.64. The molecular formula is C14H20ClN3O2. The number of amidine groups is 1. The first-order valence-corrected chi connectivity index (χ1v) is 7.04. The van der Waals surface area contributed by atoms with Gasteiger partial charge in [0.1, 0.15) is 0 Å². The maximum Gasteiger partial charge on any atom is 0.172 e. The van der Waals surface area contributed by atoms with Crippen LogP contribution < -0.4 is 10.6 Å². The van der Waals surface area contributed by atoms with Gasteiger partial charge in [-0.15, -0.1) is 0 Å². The number of benzene rings is 1. The highest BCUT2D eigenvalue weighted by Gasteiger charge is 2.22. The van der Waals surface area contributed by atoms with Gasteiger partial charge in [-0.1, -0.05) is 16.8 Å². The minimum atomic E-state index is 0.107. The number of piperidine rings is 1. The molecule has 1 aromatic carbocycles. The van der Waals surface area contributed by atoms with Crippen LogP contribution in [-0.4, -0.2) is 37.8 Å². The fourth-order valence-electron chi connectivity index (χ4n) is 2.61. The number of nitrogens with two attached hydrogens (primary N) is 1. The van der Waals surface area contributed by atoms with E-state index in [1.165, 1.54) is 0 Å². The average Bonchev–Trinajstić information content (AvgIpc) is 2.47. The van der Waals surface area contributed by atoms with E-state index >= 15 is 0 Å². The summed E-state index contributed by atoms with van der Waals surface area (Å²) in [5.74, 6) is 0.707. The fourth-order valence-corrected chi connectivity index (χ4v) is 2.78. The zero-order chi connectivity index (χ0) is 14.5. The van der Waals surface area contributed by atoms with E-state index < -0.39 is 0 Å². The second-order valence-corrected chi connectivity index (χ2v) is 5.47. The lowest BCUT2D eigenvalue weighted by Crippen LogP contribution is -2.36. The minimum Gasteiger partial charge on any atom is -0.409 e. The Kier molecular flexibility index (Phi) is 5.09. The van der Waals surface area contributed by atoms with E-state index in [1.807, 2.05) is 6.07 Å². The van der Waals surface area contributed by atoms with E-state index in [0.717, 1.165) is 38.2 Å². The van der Waals surface area contributed by atoms with Crippen molar-refractivity contribution in [1.29, 1.82) is 0 Å². The lowest BCUT2D eigenvalue weighted by Gasteiger charge is -2.34. The molecule has 6 heteroatoms. The molecule has 1 aliphatic rings. The largest absolute Gasteiger partial charge is 0.409 e. The van der Waals surface area contributed by atoms with Crippen molar-refractivity contribution < 1.29 is 9.94 Å². The molecule has 1 heterocycles. The third kappa shape index (κ3) is 3.35. The lowest BCUT2D eigenvalue weighted by molar-refractivity contribution is 0.139. The van der Waals surface area contributed by atoms with Crippen LogP contribution in [0.15, 0.2) is 23.4 Å². The molecule has 0 aromatic heterocycles. The molecular weight excluding hydrogens is 278 g/mol. The van der Waals surface area contributed by atoms with Crippen molar-refractivity contribution in [2.45, 2.75) is 12.8 Å². The van der Waals surface area contributed by atoms with Crippen LogP contribution in [0.5, 0.6) is 0 Å². The molecule has 0 bridgehead atoms. The predicted octanol–water partition coefficient (Wildman–Crippen LogP) is 2.30. The molecule has 3 N–H and O–H groups in total. The normalized spacial score (nSPS) is 17.5. The summed E-state index contributed by atoms with van der Waals surface area (Å²) in [6.07, 6.45) is 2.13. The first-order chi connectivity index (χ1) is 9.65. The molecule has 110 valence electrons. The highest BCUT2D eigenvalue weighted by molar-refractivity contribution is 6.31. The highest BCUT2D eigenvalue weighted by Crippen LogP contribution is 2.29. The maximum absolute atomic E-state index is 8.89. The summed E-state index contributed by atoms with van der Waals surface area (Å²) in [7, 11) is 1.74. The molecule has 1 aromatic rings. The number of rotatable bonds is 4. The number of halogens is 1. The molecule has 0 aliphatic carbocycles. The molecule has 0 atom stereocenters. The maximum atomic E-state index is 8.89. The summed E-state index contributed by atoms with van der Waals surface area (Å²) in [5.41, 5.74) is 7.37. The Labute approximate surface area is 124 Å². The van der Waals surface area contributed by atoms with E-state index in [-0.39, 0.29) is 5.84 Å². The molecule has 0 saturated carbocycles. The second kappa shape index (κ2) is 6.81. The topological polar surface area (TPSA) is 71.1 Å². The summed E-state index contributed by atoms with van der Waals surface area (Å²) < 4.78 is 5.21. The van der Waals surface area contributed by atoms with Crippen molar-refractivity contribution >= 4 is 23.1 Å². The van der Waals surface area contributed by atoms with Crippen molar-refractivity contribution in [3.63, 3.8) is 0 Å². The summed E-state index contributed by atoms with van der Waals surface area (Å²) in [4.78, 5) is 2.23. The number of anilines is 1. The van der Waals surface area contributed by atoms with Crippen molar-refractivity contribution in [2.75, 3.05) is 31.7 Å². The minimum absolute atomic E-state index is 0.107. The van der Waals surface area contributed by atoms with Crippen LogP contribution in [0.25, 0.3) is 0 Å². The molecule has 1 saturated heterocycles. The van der Waals surface area contributed by atoms with Crippen molar-refractivity contribution in [1.82, 2.24) is 0 Å². The Morgan fingerprint density at radius 1 is 1.50 bits per heavy atom. The van der Waals surface area contributed by atoms with Crippen molar-refractivity contribution in [2.24, 2.45) is 16.8 Å². The smallest absolute Gasteiger partial charge is 0.172 e. The van der Waals surface area contributed by atoms with Crippen LogP contribution in [0.3, 0.4) is 0 Å². The Morgan fingerprint density at radius 2 is 2.20 bits per heavy atom. The number of oxime groups is 1.